The van der Waals surface area contributed by atoms with Gasteiger partial charge >= 0.3 is 6.18 Å². The number of H-pyrrole nitrogens is 1. The first-order chi connectivity index (χ1) is 16.7. The van der Waals surface area contributed by atoms with Crippen LogP contribution in [0.4, 0.5) is 34.8 Å². The Morgan fingerprint density at radius 1 is 1.17 bits per heavy atom. The highest BCUT2D eigenvalue weighted by Crippen LogP contribution is 2.39. The van der Waals surface area contributed by atoms with Gasteiger partial charge in [0.25, 0.3) is 0 Å². The van der Waals surface area contributed by atoms with Gasteiger partial charge in [0, 0.05) is 48.7 Å². The number of methoxy groups -OCH3 is 1. The number of pyridine rings is 1. The van der Waals surface area contributed by atoms with E-state index in [1.807, 2.05) is 0 Å². The van der Waals surface area contributed by atoms with Crippen molar-refractivity contribution in [2.24, 2.45) is 0 Å². The third-order valence-corrected chi connectivity index (χ3v) is 6.25. The van der Waals surface area contributed by atoms with Crippen molar-refractivity contribution in [3.05, 3.63) is 41.3 Å². The molecule has 0 unspecified atom stereocenters. The first kappa shape index (κ1) is 25.1. The van der Waals surface area contributed by atoms with Crippen molar-refractivity contribution in [1.29, 1.82) is 0 Å². The fraction of sp³-hybridized carbons (Fsp3) is 0.458. The molecular formula is C24H30F4N6O. The normalized spacial score (nSPS) is 15.5. The van der Waals surface area contributed by atoms with Gasteiger partial charge in [0.15, 0.2) is 0 Å². The van der Waals surface area contributed by atoms with Crippen LogP contribution in [0, 0.1) is 5.82 Å². The fourth-order valence-corrected chi connectivity index (χ4v) is 4.35. The van der Waals surface area contributed by atoms with E-state index in [0.29, 0.717) is 36.1 Å². The topological polar surface area (TPSA) is 77.2 Å². The van der Waals surface area contributed by atoms with Crippen molar-refractivity contribution in [1.82, 2.24) is 20.2 Å². The fourth-order valence-electron chi connectivity index (χ4n) is 4.35. The number of rotatable bonds is 8. The molecule has 0 saturated carbocycles. The summed E-state index contributed by atoms with van der Waals surface area (Å²) in [6.45, 7) is 4.58. The van der Waals surface area contributed by atoms with Crippen molar-refractivity contribution in [2.75, 3.05) is 44.4 Å². The Labute approximate surface area is 201 Å². The number of benzene rings is 1. The molecule has 3 heterocycles. The predicted octanol–water partition coefficient (Wildman–Crippen LogP) is 5.09. The lowest BCUT2D eigenvalue weighted by Gasteiger charge is -2.29. The lowest BCUT2D eigenvalue weighted by molar-refractivity contribution is -0.136. The molecule has 4 rings (SSSR count). The SMILES string of the molecule is CCNc1cc(Nc2cc(F)c(CNC3CCN(C)CC3)cc2OC)nc2[nH]cc(C(F)(F)F)c12. The van der Waals surface area contributed by atoms with Crippen molar-refractivity contribution in [3.63, 3.8) is 0 Å². The molecule has 35 heavy (non-hydrogen) atoms. The Kier molecular flexibility index (Phi) is 7.36. The molecule has 1 aliphatic heterocycles. The van der Waals surface area contributed by atoms with E-state index in [1.54, 1.807) is 13.0 Å². The summed E-state index contributed by atoms with van der Waals surface area (Å²) in [7, 11) is 3.57. The number of aromatic amines is 1. The first-order valence-corrected chi connectivity index (χ1v) is 11.6. The van der Waals surface area contributed by atoms with E-state index in [0.717, 1.165) is 32.1 Å². The molecule has 0 amide bonds. The van der Waals surface area contributed by atoms with Crippen LogP contribution in [0.15, 0.2) is 24.4 Å². The van der Waals surface area contributed by atoms with Crippen LogP contribution in [0.25, 0.3) is 11.0 Å². The number of halogens is 4. The highest BCUT2D eigenvalue weighted by Gasteiger charge is 2.35. The van der Waals surface area contributed by atoms with E-state index in [9.17, 15) is 17.6 Å². The Hall–Kier alpha value is -3.05. The Bertz CT molecular complexity index is 1170. The van der Waals surface area contributed by atoms with Gasteiger partial charge < -0.3 is 30.6 Å². The summed E-state index contributed by atoms with van der Waals surface area (Å²) in [5, 5.41) is 9.33. The molecule has 4 N–H and O–H groups in total. The number of alkyl halides is 3. The summed E-state index contributed by atoms with van der Waals surface area (Å²) >= 11 is 0. The van der Waals surface area contributed by atoms with E-state index < -0.39 is 17.6 Å². The summed E-state index contributed by atoms with van der Waals surface area (Å²) in [6, 6.07) is 4.75. The molecule has 0 bridgehead atoms. The summed E-state index contributed by atoms with van der Waals surface area (Å²) in [5.41, 5.74) is 0.336. The molecule has 1 aliphatic rings. The maximum atomic E-state index is 15.0. The second-order valence-corrected chi connectivity index (χ2v) is 8.74. The Balaban J connectivity index is 1.58. The number of aromatic nitrogens is 2. The van der Waals surface area contributed by atoms with Crippen LogP contribution in [-0.2, 0) is 12.7 Å². The highest BCUT2D eigenvalue weighted by molar-refractivity contribution is 5.95. The minimum atomic E-state index is -4.52. The van der Waals surface area contributed by atoms with E-state index in [2.05, 4.69) is 37.9 Å². The molecule has 11 heteroatoms. The quantitative estimate of drug-likeness (QED) is 0.327. The van der Waals surface area contributed by atoms with E-state index in [-0.39, 0.29) is 22.5 Å². The van der Waals surface area contributed by atoms with Gasteiger partial charge in [-0.3, -0.25) is 0 Å². The van der Waals surface area contributed by atoms with Crippen LogP contribution in [0.1, 0.15) is 30.9 Å². The number of ether oxygens (including phenoxy) is 1. The maximum Gasteiger partial charge on any atom is 0.418 e. The standard InChI is InChI=1S/C24H30F4N6O/c1-4-29-19-11-21(33-23-22(19)16(13-31-23)24(26,27)28)32-18-10-17(25)14(9-20(18)35-3)12-30-15-5-7-34(2)8-6-15/h9-11,13,15,30H,4-8,12H2,1-3H3,(H3,29,31,32,33). The third-order valence-electron chi connectivity index (χ3n) is 6.25. The molecule has 7 nitrogen and oxygen atoms in total. The van der Waals surface area contributed by atoms with Crippen LogP contribution in [-0.4, -0.2) is 54.7 Å². The third kappa shape index (κ3) is 5.62. The summed E-state index contributed by atoms with van der Waals surface area (Å²) < 4.78 is 60.8. The largest absolute Gasteiger partial charge is 0.495 e. The van der Waals surface area contributed by atoms with Crippen molar-refractivity contribution < 1.29 is 22.3 Å². The zero-order chi connectivity index (χ0) is 25.2. The first-order valence-electron chi connectivity index (χ1n) is 11.6. The number of likely N-dealkylation sites (tertiary alicyclic amines) is 1. The molecule has 2 aromatic heterocycles. The monoisotopic (exact) mass is 494 g/mol. The van der Waals surface area contributed by atoms with E-state index >= 15 is 0 Å². The molecule has 0 spiro atoms. The Morgan fingerprint density at radius 2 is 1.91 bits per heavy atom. The predicted molar refractivity (Wildman–Crippen MR) is 129 cm³/mol. The van der Waals surface area contributed by atoms with Gasteiger partial charge in [0.1, 0.15) is 23.0 Å². The number of hydrogen-bond acceptors (Lipinski definition) is 6. The highest BCUT2D eigenvalue weighted by atomic mass is 19.4. The summed E-state index contributed by atoms with van der Waals surface area (Å²) in [4.78, 5) is 9.14. The molecule has 0 radical (unpaired) electrons. The Morgan fingerprint density at radius 3 is 2.57 bits per heavy atom. The van der Waals surface area contributed by atoms with Gasteiger partial charge in [-0.15, -0.1) is 0 Å². The lowest BCUT2D eigenvalue weighted by atomic mass is 10.0. The second-order valence-electron chi connectivity index (χ2n) is 8.74. The second kappa shape index (κ2) is 10.3. The zero-order valence-electron chi connectivity index (χ0n) is 19.9. The van der Waals surface area contributed by atoms with Gasteiger partial charge in [-0.2, -0.15) is 13.2 Å². The van der Waals surface area contributed by atoms with Gasteiger partial charge in [0.05, 0.1) is 23.7 Å². The van der Waals surface area contributed by atoms with Crippen LogP contribution >= 0.6 is 0 Å². The number of anilines is 3. The molecule has 1 fully saturated rings. The summed E-state index contributed by atoms with van der Waals surface area (Å²) in [5.74, 6) is 0.237. The van der Waals surface area contributed by atoms with Crippen molar-refractivity contribution >= 4 is 28.2 Å². The molecule has 1 saturated heterocycles. The van der Waals surface area contributed by atoms with Gasteiger partial charge in [-0.25, -0.2) is 9.37 Å². The number of nitrogens with zero attached hydrogens (tertiary/aromatic N) is 2. The van der Waals surface area contributed by atoms with Crippen LogP contribution in [0.5, 0.6) is 5.75 Å². The average molecular weight is 495 g/mol. The number of hydrogen-bond donors (Lipinski definition) is 4. The minimum absolute atomic E-state index is 0.0432. The molecule has 190 valence electrons. The van der Waals surface area contributed by atoms with Crippen LogP contribution in [0.3, 0.4) is 0 Å². The minimum Gasteiger partial charge on any atom is -0.495 e. The molecule has 3 aromatic rings. The van der Waals surface area contributed by atoms with E-state index in [1.165, 1.54) is 19.2 Å². The average Bonchev–Trinajstić information content (AvgIpc) is 3.25. The van der Waals surface area contributed by atoms with Gasteiger partial charge in [-0.05, 0) is 46.0 Å². The van der Waals surface area contributed by atoms with Crippen LogP contribution < -0.4 is 20.7 Å². The molecular weight excluding hydrogens is 464 g/mol. The number of piperidine rings is 1. The molecule has 0 aliphatic carbocycles. The maximum absolute atomic E-state index is 15.0. The van der Waals surface area contributed by atoms with Crippen molar-refractivity contribution in [2.45, 2.75) is 38.5 Å². The molecule has 0 atom stereocenters. The van der Waals surface area contributed by atoms with Crippen LogP contribution in [0.2, 0.25) is 0 Å². The number of fused-ring (bicyclic) bond motifs is 1. The lowest BCUT2D eigenvalue weighted by Crippen LogP contribution is -2.40. The molecule has 1 aromatic carbocycles. The van der Waals surface area contributed by atoms with Crippen molar-refractivity contribution in [3.8, 4) is 5.75 Å². The summed E-state index contributed by atoms with van der Waals surface area (Å²) in [6.07, 6.45) is -1.62. The van der Waals surface area contributed by atoms with Gasteiger partial charge in [0.2, 0.25) is 0 Å². The van der Waals surface area contributed by atoms with Gasteiger partial charge in [-0.1, -0.05) is 0 Å². The smallest absolute Gasteiger partial charge is 0.418 e. The number of nitrogens with one attached hydrogen (secondary N) is 4. The van der Waals surface area contributed by atoms with E-state index in [4.69, 9.17) is 4.74 Å². The zero-order valence-corrected chi connectivity index (χ0v) is 19.9.